The standard InChI is InChI=1S/C11H11N5O3/c1-6-7(16(17)18)3-2-4-8(6)19-10-5-9(12)14-11(13)15-10/h2-5H,1H3,(H4,12,13,14,15). The second-order valence-corrected chi connectivity index (χ2v) is 3.75. The molecule has 1 aromatic heterocycles. The van der Waals surface area contributed by atoms with Crippen molar-refractivity contribution in [2.24, 2.45) is 0 Å². The molecule has 0 unspecified atom stereocenters. The summed E-state index contributed by atoms with van der Waals surface area (Å²) in [7, 11) is 0. The highest BCUT2D eigenvalue weighted by Crippen LogP contribution is 2.30. The van der Waals surface area contributed by atoms with Crippen LogP contribution in [-0.4, -0.2) is 14.9 Å². The molecule has 0 saturated carbocycles. The van der Waals surface area contributed by atoms with Crippen molar-refractivity contribution in [1.29, 1.82) is 0 Å². The molecule has 0 aliphatic rings. The first-order chi connectivity index (χ1) is 8.97. The summed E-state index contributed by atoms with van der Waals surface area (Å²) in [6.07, 6.45) is 0. The Morgan fingerprint density at radius 2 is 2.05 bits per heavy atom. The lowest BCUT2D eigenvalue weighted by Gasteiger charge is -2.08. The first-order valence-corrected chi connectivity index (χ1v) is 5.29. The molecule has 4 N–H and O–H groups in total. The number of nitro benzene ring substituents is 1. The Labute approximate surface area is 108 Å². The predicted octanol–water partition coefficient (Wildman–Crippen LogP) is 1.65. The van der Waals surface area contributed by atoms with Crippen LogP contribution >= 0.6 is 0 Å². The smallest absolute Gasteiger partial charge is 0.276 e. The van der Waals surface area contributed by atoms with E-state index in [0.29, 0.717) is 11.3 Å². The summed E-state index contributed by atoms with van der Waals surface area (Å²) in [5.74, 6) is 0.573. The number of benzene rings is 1. The Morgan fingerprint density at radius 1 is 1.32 bits per heavy atom. The van der Waals surface area contributed by atoms with Crippen molar-refractivity contribution >= 4 is 17.5 Å². The lowest BCUT2D eigenvalue weighted by atomic mass is 10.2. The molecule has 1 heterocycles. The van der Waals surface area contributed by atoms with Crippen LogP contribution in [0.3, 0.4) is 0 Å². The first-order valence-electron chi connectivity index (χ1n) is 5.29. The maximum atomic E-state index is 10.8. The molecule has 0 amide bonds. The number of aromatic nitrogens is 2. The van der Waals surface area contributed by atoms with E-state index in [1.54, 1.807) is 13.0 Å². The number of anilines is 2. The second-order valence-electron chi connectivity index (χ2n) is 3.75. The molecule has 0 bridgehead atoms. The Bertz CT molecular complexity index is 624. The Balaban J connectivity index is 2.38. The average molecular weight is 261 g/mol. The monoisotopic (exact) mass is 261 g/mol. The summed E-state index contributed by atoms with van der Waals surface area (Å²) in [6, 6.07) is 5.89. The number of nitrogens with two attached hydrogens (primary N) is 2. The summed E-state index contributed by atoms with van der Waals surface area (Å²) in [6.45, 7) is 1.58. The quantitative estimate of drug-likeness (QED) is 0.634. The molecule has 8 heteroatoms. The van der Waals surface area contributed by atoms with E-state index in [2.05, 4.69) is 9.97 Å². The zero-order valence-electron chi connectivity index (χ0n) is 10.0. The fraction of sp³-hybridized carbons (Fsp3) is 0.0909. The zero-order valence-corrected chi connectivity index (χ0v) is 10.0. The molecule has 0 fully saturated rings. The Kier molecular flexibility index (Phi) is 3.15. The predicted molar refractivity (Wildman–Crippen MR) is 68.8 cm³/mol. The normalized spacial score (nSPS) is 10.2. The molecule has 19 heavy (non-hydrogen) atoms. The average Bonchev–Trinajstić information content (AvgIpc) is 2.30. The number of hydrogen-bond donors (Lipinski definition) is 2. The van der Waals surface area contributed by atoms with Gasteiger partial charge in [0, 0.05) is 12.1 Å². The highest BCUT2D eigenvalue weighted by Gasteiger charge is 2.15. The van der Waals surface area contributed by atoms with E-state index in [1.165, 1.54) is 18.2 Å². The Hall–Kier alpha value is -2.90. The minimum Gasteiger partial charge on any atom is -0.438 e. The van der Waals surface area contributed by atoms with Gasteiger partial charge < -0.3 is 16.2 Å². The molecule has 2 aromatic rings. The zero-order chi connectivity index (χ0) is 14.0. The molecule has 0 aliphatic heterocycles. The third-order valence-corrected chi connectivity index (χ3v) is 2.41. The van der Waals surface area contributed by atoms with Crippen molar-refractivity contribution in [3.05, 3.63) is 39.9 Å². The molecule has 98 valence electrons. The number of nitrogen functional groups attached to an aromatic ring is 2. The maximum Gasteiger partial charge on any atom is 0.276 e. The molecule has 0 radical (unpaired) electrons. The summed E-state index contributed by atoms with van der Waals surface area (Å²) in [5, 5.41) is 10.8. The minimum atomic E-state index is -0.481. The molecule has 0 saturated heterocycles. The molecule has 0 aliphatic carbocycles. The van der Waals surface area contributed by atoms with Crippen LogP contribution in [-0.2, 0) is 0 Å². The molecular formula is C11H11N5O3. The van der Waals surface area contributed by atoms with Crippen LogP contribution in [0.15, 0.2) is 24.3 Å². The Morgan fingerprint density at radius 3 is 2.68 bits per heavy atom. The van der Waals surface area contributed by atoms with Crippen LogP contribution in [0.4, 0.5) is 17.5 Å². The number of hydrogen-bond acceptors (Lipinski definition) is 7. The highest BCUT2D eigenvalue weighted by molar-refractivity contribution is 5.50. The van der Waals surface area contributed by atoms with Crippen LogP contribution < -0.4 is 16.2 Å². The van der Waals surface area contributed by atoms with Gasteiger partial charge in [-0.15, -0.1) is 0 Å². The van der Waals surface area contributed by atoms with Gasteiger partial charge in [0.1, 0.15) is 11.6 Å². The van der Waals surface area contributed by atoms with Gasteiger partial charge in [-0.3, -0.25) is 10.1 Å². The summed E-state index contributed by atoms with van der Waals surface area (Å²) in [4.78, 5) is 17.9. The SMILES string of the molecule is Cc1c(Oc2cc(N)nc(N)n2)cccc1[N+](=O)[O-]. The van der Waals surface area contributed by atoms with Crippen LogP contribution in [0.1, 0.15) is 5.56 Å². The molecular weight excluding hydrogens is 250 g/mol. The fourth-order valence-electron chi connectivity index (χ4n) is 1.54. The molecule has 1 aromatic carbocycles. The van der Waals surface area contributed by atoms with Gasteiger partial charge in [0.05, 0.1) is 10.5 Å². The van der Waals surface area contributed by atoms with Gasteiger partial charge >= 0.3 is 0 Å². The summed E-state index contributed by atoms with van der Waals surface area (Å²) >= 11 is 0. The lowest BCUT2D eigenvalue weighted by molar-refractivity contribution is -0.385. The van der Waals surface area contributed by atoms with Crippen molar-refractivity contribution in [3.63, 3.8) is 0 Å². The van der Waals surface area contributed by atoms with Gasteiger partial charge in [-0.25, -0.2) is 0 Å². The number of rotatable bonds is 3. The maximum absolute atomic E-state index is 10.8. The van der Waals surface area contributed by atoms with E-state index in [4.69, 9.17) is 16.2 Å². The molecule has 0 atom stereocenters. The topological polar surface area (TPSA) is 130 Å². The molecule has 2 rings (SSSR count). The van der Waals surface area contributed by atoms with Crippen LogP contribution in [0.2, 0.25) is 0 Å². The van der Waals surface area contributed by atoms with E-state index in [-0.39, 0.29) is 23.3 Å². The summed E-state index contributed by atoms with van der Waals surface area (Å²) in [5.41, 5.74) is 11.3. The first kappa shape index (κ1) is 12.6. The van der Waals surface area contributed by atoms with Gasteiger partial charge in [0.2, 0.25) is 11.8 Å². The third-order valence-electron chi connectivity index (χ3n) is 2.41. The summed E-state index contributed by atoms with van der Waals surface area (Å²) < 4.78 is 5.45. The van der Waals surface area contributed by atoms with Gasteiger partial charge in [0.25, 0.3) is 5.69 Å². The lowest BCUT2D eigenvalue weighted by Crippen LogP contribution is -2.01. The van der Waals surface area contributed by atoms with Gasteiger partial charge in [-0.05, 0) is 13.0 Å². The van der Waals surface area contributed by atoms with E-state index >= 15 is 0 Å². The van der Waals surface area contributed by atoms with Gasteiger partial charge in [-0.1, -0.05) is 6.07 Å². The van der Waals surface area contributed by atoms with Crippen molar-refractivity contribution in [3.8, 4) is 11.6 Å². The number of nitrogens with zero attached hydrogens (tertiary/aromatic N) is 3. The fourth-order valence-corrected chi connectivity index (χ4v) is 1.54. The van der Waals surface area contributed by atoms with Crippen LogP contribution in [0, 0.1) is 17.0 Å². The highest BCUT2D eigenvalue weighted by atomic mass is 16.6. The van der Waals surface area contributed by atoms with Crippen molar-refractivity contribution in [2.75, 3.05) is 11.5 Å². The largest absolute Gasteiger partial charge is 0.438 e. The van der Waals surface area contributed by atoms with Gasteiger partial charge in [0.15, 0.2) is 0 Å². The van der Waals surface area contributed by atoms with Crippen molar-refractivity contribution in [2.45, 2.75) is 6.92 Å². The number of ether oxygens (including phenoxy) is 1. The minimum absolute atomic E-state index is 0.0296. The van der Waals surface area contributed by atoms with Gasteiger partial charge in [-0.2, -0.15) is 9.97 Å². The van der Waals surface area contributed by atoms with E-state index < -0.39 is 4.92 Å². The third kappa shape index (κ3) is 2.68. The second kappa shape index (κ2) is 4.77. The molecule has 0 spiro atoms. The van der Waals surface area contributed by atoms with Crippen molar-refractivity contribution < 1.29 is 9.66 Å². The van der Waals surface area contributed by atoms with Crippen LogP contribution in [0.25, 0.3) is 0 Å². The van der Waals surface area contributed by atoms with E-state index in [1.807, 2.05) is 0 Å². The number of nitro groups is 1. The van der Waals surface area contributed by atoms with E-state index in [0.717, 1.165) is 0 Å². The molecule has 8 nitrogen and oxygen atoms in total. The van der Waals surface area contributed by atoms with Crippen LogP contribution in [0.5, 0.6) is 11.6 Å². The van der Waals surface area contributed by atoms with Crippen molar-refractivity contribution in [1.82, 2.24) is 9.97 Å². The van der Waals surface area contributed by atoms with E-state index in [9.17, 15) is 10.1 Å².